The Bertz CT molecular complexity index is 910. The molecule has 0 atom stereocenters. The number of carbonyl (C=O) groups is 2. The van der Waals surface area contributed by atoms with Crippen LogP contribution >= 0.6 is 22.9 Å². The number of halogens is 1. The lowest BCUT2D eigenvalue weighted by atomic mass is 10.2. The van der Waals surface area contributed by atoms with Gasteiger partial charge in [-0.2, -0.15) is 11.3 Å². The molecule has 126 valence electrons. The van der Waals surface area contributed by atoms with E-state index < -0.39 is 27.3 Å². The fourth-order valence-corrected chi connectivity index (χ4v) is 4.80. The van der Waals surface area contributed by atoms with Crippen molar-refractivity contribution in [2.75, 3.05) is 0 Å². The van der Waals surface area contributed by atoms with E-state index in [2.05, 4.69) is 0 Å². The molecule has 24 heavy (non-hydrogen) atoms. The van der Waals surface area contributed by atoms with Crippen molar-refractivity contribution in [2.24, 2.45) is 0 Å². The maximum atomic E-state index is 12.5. The van der Waals surface area contributed by atoms with Crippen LogP contribution < -0.4 is 0 Å². The summed E-state index contributed by atoms with van der Waals surface area (Å²) >= 11 is 6.77. The topological polar surface area (TPSA) is 109 Å². The van der Waals surface area contributed by atoms with E-state index in [-0.39, 0.29) is 16.2 Å². The summed E-state index contributed by atoms with van der Waals surface area (Å²) in [7, 11) is -3.81. The van der Waals surface area contributed by atoms with Gasteiger partial charge in [0.25, 0.3) is 5.78 Å². The van der Waals surface area contributed by atoms with Gasteiger partial charge in [0.15, 0.2) is 9.84 Å². The minimum Gasteiger partial charge on any atom is -0.507 e. The molecule has 0 aliphatic rings. The largest absolute Gasteiger partial charge is 0.507 e. The molecule has 2 aromatic rings. The van der Waals surface area contributed by atoms with E-state index >= 15 is 0 Å². The lowest BCUT2D eigenvalue weighted by Crippen LogP contribution is -2.10. The van der Waals surface area contributed by atoms with Gasteiger partial charge >= 0.3 is 5.97 Å². The SMILES string of the molecule is O=C(O)C(=O)C=C(O)c1cscc1S(=O)(=O)Cc1ccc(Cl)cc1. The van der Waals surface area contributed by atoms with Gasteiger partial charge in [-0.25, -0.2) is 13.2 Å². The summed E-state index contributed by atoms with van der Waals surface area (Å²) in [5.41, 5.74) is 0.394. The summed E-state index contributed by atoms with van der Waals surface area (Å²) in [6.45, 7) is 0. The Morgan fingerprint density at radius 3 is 2.33 bits per heavy atom. The molecule has 0 aliphatic carbocycles. The van der Waals surface area contributed by atoms with Gasteiger partial charge < -0.3 is 10.2 Å². The first-order valence-electron chi connectivity index (χ1n) is 6.42. The number of carbonyl (C=O) groups excluding carboxylic acids is 1. The van der Waals surface area contributed by atoms with E-state index in [1.807, 2.05) is 0 Å². The molecular formula is C15H11ClO6S2. The average molecular weight is 387 g/mol. The molecule has 0 aliphatic heterocycles. The molecule has 0 amide bonds. The number of aliphatic carboxylic acids is 1. The van der Waals surface area contributed by atoms with Gasteiger partial charge in [0.2, 0.25) is 0 Å². The number of carboxylic acids is 1. The van der Waals surface area contributed by atoms with Crippen molar-refractivity contribution in [1.29, 1.82) is 0 Å². The smallest absolute Gasteiger partial charge is 0.376 e. The highest BCUT2D eigenvalue weighted by atomic mass is 35.5. The summed E-state index contributed by atoms with van der Waals surface area (Å²) < 4.78 is 25.1. The van der Waals surface area contributed by atoms with Gasteiger partial charge in [0, 0.05) is 27.4 Å². The zero-order valence-corrected chi connectivity index (χ0v) is 14.4. The highest BCUT2D eigenvalue weighted by Crippen LogP contribution is 2.29. The molecule has 0 bridgehead atoms. The molecule has 0 unspecified atom stereocenters. The summed E-state index contributed by atoms with van der Waals surface area (Å²) in [4.78, 5) is 21.5. The van der Waals surface area contributed by atoms with Crippen LogP contribution in [0.25, 0.3) is 5.76 Å². The maximum absolute atomic E-state index is 12.5. The van der Waals surface area contributed by atoms with Crippen LogP contribution in [0, 0.1) is 0 Å². The molecule has 0 saturated heterocycles. The molecule has 1 aromatic heterocycles. The average Bonchev–Trinajstić information content (AvgIpc) is 3.00. The number of rotatable bonds is 6. The van der Waals surface area contributed by atoms with Crippen LogP contribution in [-0.4, -0.2) is 30.4 Å². The van der Waals surface area contributed by atoms with Gasteiger partial charge in [-0.05, 0) is 17.7 Å². The molecule has 0 radical (unpaired) electrons. The fraction of sp³-hybridized carbons (Fsp3) is 0.0667. The van der Waals surface area contributed by atoms with E-state index in [1.54, 1.807) is 24.3 Å². The predicted octanol–water partition coefficient (Wildman–Crippen LogP) is 2.93. The highest BCUT2D eigenvalue weighted by molar-refractivity contribution is 7.90. The maximum Gasteiger partial charge on any atom is 0.376 e. The van der Waals surface area contributed by atoms with Crippen LogP contribution in [0.3, 0.4) is 0 Å². The molecule has 6 nitrogen and oxygen atoms in total. The number of hydrogen-bond acceptors (Lipinski definition) is 6. The first-order chi connectivity index (χ1) is 11.2. The third-order valence-electron chi connectivity index (χ3n) is 2.99. The van der Waals surface area contributed by atoms with E-state index in [4.69, 9.17) is 16.7 Å². The zero-order chi connectivity index (χ0) is 17.9. The second kappa shape index (κ2) is 7.16. The van der Waals surface area contributed by atoms with E-state index in [1.165, 1.54) is 10.8 Å². The fourth-order valence-electron chi connectivity index (χ4n) is 1.85. The van der Waals surface area contributed by atoms with Gasteiger partial charge in [-0.1, -0.05) is 23.7 Å². The molecule has 1 aromatic carbocycles. The minimum absolute atomic E-state index is 0.108. The quantitative estimate of drug-likeness (QED) is 0.449. The Hall–Kier alpha value is -2.16. The lowest BCUT2D eigenvalue weighted by Gasteiger charge is -2.06. The summed E-state index contributed by atoms with van der Waals surface area (Å²) in [5, 5.41) is 21.5. The van der Waals surface area contributed by atoms with Crippen LogP contribution in [0.15, 0.2) is 46.0 Å². The first kappa shape index (κ1) is 18.2. The van der Waals surface area contributed by atoms with Crippen molar-refractivity contribution in [1.82, 2.24) is 0 Å². The van der Waals surface area contributed by atoms with Crippen molar-refractivity contribution in [2.45, 2.75) is 10.6 Å². The van der Waals surface area contributed by atoms with Crippen molar-refractivity contribution >= 4 is 50.3 Å². The molecule has 2 N–H and O–H groups in total. The van der Waals surface area contributed by atoms with Crippen molar-refractivity contribution in [3.8, 4) is 0 Å². The first-order valence-corrected chi connectivity index (χ1v) is 9.39. The second-order valence-electron chi connectivity index (χ2n) is 4.73. The zero-order valence-electron chi connectivity index (χ0n) is 12.0. The third-order valence-corrected chi connectivity index (χ3v) is 5.85. The number of benzene rings is 1. The van der Waals surface area contributed by atoms with Crippen molar-refractivity contribution in [3.63, 3.8) is 0 Å². The Labute approximate surface area is 146 Å². The number of sulfone groups is 1. The standard InChI is InChI=1S/C15H11ClO6S2/c16-10-3-1-9(2-4-10)8-24(21,22)14-7-23-6-11(14)12(17)5-13(18)15(19)20/h1-7,17H,8H2,(H,19,20). The highest BCUT2D eigenvalue weighted by Gasteiger charge is 2.23. The van der Waals surface area contributed by atoms with Crippen molar-refractivity contribution in [3.05, 3.63) is 57.3 Å². The number of hydrogen-bond donors (Lipinski definition) is 2. The summed E-state index contributed by atoms with van der Waals surface area (Å²) in [5.74, 6) is -4.13. The molecule has 0 spiro atoms. The van der Waals surface area contributed by atoms with Gasteiger partial charge in [-0.3, -0.25) is 4.79 Å². The minimum atomic E-state index is -3.81. The van der Waals surface area contributed by atoms with Gasteiger partial charge in [0.05, 0.1) is 10.6 Å². The van der Waals surface area contributed by atoms with Crippen LogP contribution in [-0.2, 0) is 25.2 Å². The van der Waals surface area contributed by atoms with Gasteiger partial charge in [0.1, 0.15) is 5.76 Å². The number of thiophene rings is 1. The van der Waals surface area contributed by atoms with Crippen LogP contribution in [0.4, 0.5) is 0 Å². The Balaban J connectivity index is 2.36. The normalized spacial score (nSPS) is 12.1. The Morgan fingerprint density at radius 1 is 1.12 bits per heavy atom. The lowest BCUT2D eigenvalue weighted by molar-refractivity contribution is -0.146. The summed E-state index contributed by atoms with van der Waals surface area (Å²) in [6.07, 6.45) is 0.478. The molecule has 0 fully saturated rings. The molecule has 0 saturated carbocycles. The predicted molar refractivity (Wildman–Crippen MR) is 89.9 cm³/mol. The van der Waals surface area contributed by atoms with Gasteiger partial charge in [-0.15, -0.1) is 0 Å². The number of aliphatic hydroxyl groups excluding tert-OH is 1. The van der Waals surface area contributed by atoms with E-state index in [0.29, 0.717) is 16.7 Å². The van der Waals surface area contributed by atoms with Crippen LogP contribution in [0.2, 0.25) is 5.02 Å². The van der Waals surface area contributed by atoms with Crippen molar-refractivity contribution < 1.29 is 28.2 Å². The second-order valence-corrected chi connectivity index (χ2v) is 7.87. The van der Waals surface area contributed by atoms with E-state index in [0.717, 1.165) is 11.3 Å². The molecule has 2 rings (SSSR count). The monoisotopic (exact) mass is 386 g/mol. The van der Waals surface area contributed by atoms with E-state index in [9.17, 15) is 23.1 Å². The third kappa shape index (κ3) is 4.22. The molecule has 1 heterocycles. The summed E-state index contributed by atoms with van der Waals surface area (Å²) in [6, 6.07) is 6.25. The number of ketones is 1. The van der Waals surface area contributed by atoms with Crippen LogP contribution in [0.5, 0.6) is 0 Å². The molecule has 9 heteroatoms. The number of aliphatic hydroxyl groups is 1. The Morgan fingerprint density at radius 2 is 1.75 bits per heavy atom. The Kier molecular flexibility index (Phi) is 5.43. The molecular weight excluding hydrogens is 376 g/mol. The number of carboxylic acid groups (broad SMARTS) is 1. The van der Waals surface area contributed by atoms with Crippen LogP contribution in [0.1, 0.15) is 11.1 Å².